The summed E-state index contributed by atoms with van der Waals surface area (Å²) < 4.78 is 0. The van der Waals surface area contributed by atoms with Crippen LogP contribution in [0.2, 0.25) is 0 Å². The maximum absolute atomic E-state index is 9.17. The molecule has 0 heterocycles. The lowest BCUT2D eigenvalue weighted by Gasteiger charge is -2.23. The second-order valence-electron chi connectivity index (χ2n) is 4.11. The van der Waals surface area contributed by atoms with Crippen molar-refractivity contribution < 1.29 is 5.11 Å². The number of nitriles is 1. The van der Waals surface area contributed by atoms with Gasteiger partial charge in [-0.1, -0.05) is 30.3 Å². The van der Waals surface area contributed by atoms with Crippen molar-refractivity contribution in [2.24, 2.45) is 0 Å². The average molecular weight is 218 g/mol. The highest BCUT2D eigenvalue weighted by Crippen LogP contribution is 2.12. The highest BCUT2D eigenvalue weighted by Gasteiger charge is 2.22. The molecule has 0 aromatic heterocycles. The summed E-state index contributed by atoms with van der Waals surface area (Å²) in [4.78, 5) is 0. The van der Waals surface area contributed by atoms with Crippen LogP contribution in [0.4, 0.5) is 0 Å². The van der Waals surface area contributed by atoms with E-state index in [1.807, 2.05) is 37.3 Å². The van der Waals surface area contributed by atoms with E-state index in [0.29, 0.717) is 19.4 Å². The van der Waals surface area contributed by atoms with E-state index in [9.17, 15) is 5.26 Å². The third kappa shape index (κ3) is 4.01. The molecule has 0 radical (unpaired) electrons. The van der Waals surface area contributed by atoms with Gasteiger partial charge in [0.25, 0.3) is 0 Å². The van der Waals surface area contributed by atoms with Crippen molar-refractivity contribution in [1.82, 2.24) is 5.32 Å². The summed E-state index contributed by atoms with van der Waals surface area (Å²) in [5.74, 6) is 0. The maximum Gasteiger partial charge on any atom is 0.107 e. The lowest BCUT2D eigenvalue weighted by molar-refractivity contribution is 0.279. The van der Waals surface area contributed by atoms with E-state index >= 15 is 0 Å². The highest BCUT2D eigenvalue weighted by atomic mass is 16.3. The molecule has 0 amide bonds. The molecule has 1 unspecified atom stereocenters. The number of benzene rings is 1. The smallest absolute Gasteiger partial charge is 0.107 e. The zero-order valence-electron chi connectivity index (χ0n) is 9.61. The normalized spacial score (nSPS) is 14.1. The standard InChI is InChI=1S/C13H18N2O/c1-13(11-14,15-8-5-9-16)10-12-6-3-2-4-7-12/h2-4,6-7,15-16H,5,8-10H2,1H3. The number of hydrogen-bond donors (Lipinski definition) is 2. The highest BCUT2D eigenvalue weighted by molar-refractivity contribution is 5.21. The van der Waals surface area contributed by atoms with Gasteiger partial charge >= 0.3 is 0 Å². The third-order valence-electron chi connectivity index (χ3n) is 2.50. The lowest BCUT2D eigenvalue weighted by Crippen LogP contribution is -2.43. The van der Waals surface area contributed by atoms with Crippen LogP contribution in [0.15, 0.2) is 30.3 Å². The molecule has 86 valence electrons. The zero-order chi connectivity index (χ0) is 11.9. The Labute approximate surface area is 96.7 Å². The van der Waals surface area contributed by atoms with Crippen molar-refractivity contribution in [2.45, 2.75) is 25.3 Å². The molecule has 0 saturated carbocycles. The number of nitrogens with zero attached hydrogens (tertiary/aromatic N) is 1. The quantitative estimate of drug-likeness (QED) is 0.711. The molecule has 1 atom stereocenters. The molecule has 2 N–H and O–H groups in total. The van der Waals surface area contributed by atoms with Gasteiger partial charge in [0.05, 0.1) is 6.07 Å². The molecule has 1 aromatic carbocycles. The van der Waals surface area contributed by atoms with Crippen LogP contribution in [0.1, 0.15) is 18.9 Å². The fourth-order valence-electron chi connectivity index (χ4n) is 1.59. The first-order valence-electron chi connectivity index (χ1n) is 5.51. The molecular formula is C13H18N2O. The van der Waals surface area contributed by atoms with Gasteiger partial charge in [-0.05, 0) is 25.5 Å². The summed E-state index contributed by atoms with van der Waals surface area (Å²) in [5.41, 5.74) is 0.583. The maximum atomic E-state index is 9.17. The van der Waals surface area contributed by atoms with Crippen LogP contribution in [0.5, 0.6) is 0 Å². The molecule has 16 heavy (non-hydrogen) atoms. The van der Waals surface area contributed by atoms with Gasteiger partial charge in [0, 0.05) is 13.0 Å². The van der Waals surface area contributed by atoms with Gasteiger partial charge in [0.15, 0.2) is 0 Å². The van der Waals surface area contributed by atoms with Crippen LogP contribution in [0.3, 0.4) is 0 Å². The van der Waals surface area contributed by atoms with Crippen molar-refractivity contribution in [3.05, 3.63) is 35.9 Å². The Kier molecular flexibility index (Phi) is 4.97. The largest absolute Gasteiger partial charge is 0.396 e. The number of aliphatic hydroxyl groups is 1. The summed E-state index contributed by atoms with van der Waals surface area (Å²) in [7, 11) is 0. The number of rotatable bonds is 6. The van der Waals surface area contributed by atoms with Crippen molar-refractivity contribution in [3.8, 4) is 6.07 Å². The van der Waals surface area contributed by atoms with E-state index in [1.165, 1.54) is 0 Å². The van der Waals surface area contributed by atoms with E-state index in [-0.39, 0.29) is 6.61 Å². The van der Waals surface area contributed by atoms with Crippen LogP contribution < -0.4 is 5.32 Å². The van der Waals surface area contributed by atoms with Crippen LogP contribution in [0, 0.1) is 11.3 Å². The molecule has 0 fully saturated rings. The minimum atomic E-state index is -0.559. The van der Waals surface area contributed by atoms with Gasteiger partial charge in [-0.25, -0.2) is 0 Å². The third-order valence-corrected chi connectivity index (χ3v) is 2.50. The molecule has 0 spiro atoms. The molecule has 3 heteroatoms. The summed E-state index contributed by atoms with van der Waals surface area (Å²) in [5, 5.41) is 21.0. The number of nitrogens with one attached hydrogen (secondary N) is 1. The van der Waals surface area contributed by atoms with Crippen molar-refractivity contribution in [3.63, 3.8) is 0 Å². The fraction of sp³-hybridized carbons (Fsp3) is 0.462. The Hall–Kier alpha value is -1.37. The molecule has 0 saturated heterocycles. The minimum Gasteiger partial charge on any atom is -0.396 e. The predicted molar refractivity (Wildman–Crippen MR) is 63.9 cm³/mol. The number of aliphatic hydroxyl groups excluding tert-OH is 1. The summed E-state index contributed by atoms with van der Waals surface area (Å²) in [6.45, 7) is 2.70. The Bertz CT molecular complexity index is 345. The first-order chi connectivity index (χ1) is 7.70. The SMILES string of the molecule is CC(C#N)(Cc1ccccc1)NCCCO. The topological polar surface area (TPSA) is 56.0 Å². The van der Waals surface area contributed by atoms with Gasteiger partial charge in [-0.2, -0.15) is 5.26 Å². The summed E-state index contributed by atoms with van der Waals surface area (Å²) >= 11 is 0. The molecule has 0 aliphatic heterocycles. The molecule has 3 nitrogen and oxygen atoms in total. The molecule has 0 aliphatic carbocycles. The second kappa shape index (κ2) is 6.26. The second-order valence-corrected chi connectivity index (χ2v) is 4.11. The van der Waals surface area contributed by atoms with Crippen LogP contribution in [-0.4, -0.2) is 23.8 Å². The lowest BCUT2D eigenvalue weighted by atomic mass is 9.94. The summed E-state index contributed by atoms with van der Waals surface area (Å²) in [6, 6.07) is 12.2. The van der Waals surface area contributed by atoms with Gasteiger partial charge < -0.3 is 5.11 Å². The van der Waals surface area contributed by atoms with Gasteiger partial charge in [-0.3, -0.25) is 5.32 Å². The van der Waals surface area contributed by atoms with Crippen molar-refractivity contribution in [2.75, 3.05) is 13.2 Å². The van der Waals surface area contributed by atoms with Crippen molar-refractivity contribution in [1.29, 1.82) is 5.26 Å². The molecule has 1 aromatic rings. The first-order valence-corrected chi connectivity index (χ1v) is 5.51. The van der Waals surface area contributed by atoms with E-state index in [0.717, 1.165) is 5.56 Å². The van der Waals surface area contributed by atoms with Gasteiger partial charge in [0.2, 0.25) is 0 Å². The summed E-state index contributed by atoms with van der Waals surface area (Å²) in [6.07, 6.45) is 1.35. The van der Waals surface area contributed by atoms with Gasteiger partial charge in [-0.15, -0.1) is 0 Å². The van der Waals surface area contributed by atoms with E-state index in [1.54, 1.807) is 0 Å². The zero-order valence-corrected chi connectivity index (χ0v) is 9.61. The van der Waals surface area contributed by atoms with Gasteiger partial charge in [0.1, 0.15) is 5.54 Å². The Morgan fingerprint density at radius 2 is 2.06 bits per heavy atom. The van der Waals surface area contributed by atoms with Crippen LogP contribution in [0.25, 0.3) is 0 Å². The first kappa shape index (κ1) is 12.7. The van der Waals surface area contributed by atoms with Crippen LogP contribution >= 0.6 is 0 Å². The monoisotopic (exact) mass is 218 g/mol. The van der Waals surface area contributed by atoms with Crippen molar-refractivity contribution >= 4 is 0 Å². The van der Waals surface area contributed by atoms with E-state index in [2.05, 4.69) is 11.4 Å². The number of hydrogen-bond acceptors (Lipinski definition) is 3. The Balaban J connectivity index is 2.57. The molecular weight excluding hydrogens is 200 g/mol. The fourth-order valence-corrected chi connectivity index (χ4v) is 1.59. The predicted octanol–water partition coefficient (Wildman–Crippen LogP) is 1.48. The average Bonchev–Trinajstić information content (AvgIpc) is 2.31. The molecule has 0 aliphatic rings. The van der Waals surface area contributed by atoms with E-state index in [4.69, 9.17) is 5.11 Å². The molecule has 0 bridgehead atoms. The molecule has 1 rings (SSSR count). The Morgan fingerprint density at radius 1 is 1.38 bits per heavy atom. The Morgan fingerprint density at radius 3 is 2.62 bits per heavy atom. The van der Waals surface area contributed by atoms with E-state index < -0.39 is 5.54 Å². The van der Waals surface area contributed by atoms with Crippen LogP contribution in [-0.2, 0) is 6.42 Å². The minimum absolute atomic E-state index is 0.153.